The molecule has 0 bridgehead atoms. The number of hydrogen-bond donors (Lipinski definition) is 1. The van der Waals surface area contributed by atoms with Gasteiger partial charge in [-0.3, -0.25) is 9.69 Å². The molecule has 0 saturated heterocycles. The van der Waals surface area contributed by atoms with Crippen LogP contribution in [0.3, 0.4) is 0 Å². The highest BCUT2D eigenvalue weighted by Crippen LogP contribution is 2.40. The molecule has 3 aromatic rings. The van der Waals surface area contributed by atoms with Crippen molar-refractivity contribution in [3.8, 4) is 5.75 Å². The van der Waals surface area contributed by atoms with Crippen molar-refractivity contribution in [2.45, 2.75) is 38.3 Å². The van der Waals surface area contributed by atoms with Gasteiger partial charge in [-0.2, -0.15) is 0 Å². The molecule has 4 nitrogen and oxygen atoms in total. The number of pyridine rings is 1. The monoisotopic (exact) mass is 398 g/mol. The molecule has 2 aromatic carbocycles. The van der Waals surface area contributed by atoms with Crippen LogP contribution in [0.5, 0.6) is 5.75 Å². The van der Waals surface area contributed by atoms with Gasteiger partial charge in [0.25, 0.3) is 5.56 Å². The number of aromatic amines is 1. The van der Waals surface area contributed by atoms with E-state index in [1.165, 1.54) is 6.07 Å². The minimum Gasteiger partial charge on any atom is -0.497 e. The van der Waals surface area contributed by atoms with E-state index in [0.717, 1.165) is 47.9 Å². The molecule has 0 unspecified atom stereocenters. The number of H-pyrrole nitrogens is 1. The van der Waals surface area contributed by atoms with Crippen molar-refractivity contribution >= 4 is 10.8 Å². The molecule has 1 aliphatic carbocycles. The maximum atomic E-state index is 14.1. The average molecular weight is 398 g/mol. The number of nitrogens with zero attached hydrogens (tertiary/aromatic N) is 1. The topological polar surface area (TPSA) is 45.3 Å². The summed E-state index contributed by atoms with van der Waals surface area (Å²) in [6, 6.07) is 10.2. The highest BCUT2D eigenvalue weighted by atomic mass is 19.2. The Balaban J connectivity index is 1.80. The molecule has 1 heterocycles. The summed E-state index contributed by atoms with van der Waals surface area (Å²) in [5.74, 6) is -1.14. The number of halogens is 2. The zero-order valence-electron chi connectivity index (χ0n) is 16.8. The fraction of sp³-hybridized carbons (Fsp3) is 0.348. The minimum absolute atomic E-state index is 0.0138. The number of methoxy groups -OCH3 is 1. The summed E-state index contributed by atoms with van der Waals surface area (Å²) in [5, 5.41) is 0.696. The Labute approximate surface area is 168 Å². The van der Waals surface area contributed by atoms with Crippen molar-refractivity contribution in [3.05, 3.63) is 75.2 Å². The fourth-order valence-electron chi connectivity index (χ4n) is 4.38. The van der Waals surface area contributed by atoms with Crippen molar-refractivity contribution in [2.75, 3.05) is 14.2 Å². The van der Waals surface area contributed by atoms with E-state index in [4.69, 9.17) is 4.74 Å². The largest absolute Gasteiger partial charge is 0.497 e. The molecule has 0 spiro atoms. The summed E-state index contributed by atoms with van der Waals surface area (Å²) in [6.07, 6.45) is 2.52. The van der Waals surface area contributed by atoms with Gasteiger partial charge < -0.3 is 9.72 Å². The van der Waals surface area contributed by atoms with E-state index in [1.54, 1.807) is 7.11 Å². The molecule has 0 fully saturated rings. The lowest BCUT2D eigenvalue weighted by molar-refractivity contribution is 0.168. The van der Waals surface area contributed by atoms with Gasteiger partial charge in [0.05, 0.1) is 12.5 Å². The second kappa shape index (κ2) is 7.59. The van der Waals surface area contributed by atoms with Crippen molar-refractivity contribution in [1.82, 2.24) is 9.88 Å². The van der Waals surface area contributed by atoms with Gasteiger partial charge >= 0.3 is 0 Å². The highest BCUT2D eigenvalue weighted by Gasteiger charge is 2.30. The van der Waals surface area contributed by atoms with E-state index in [9.17, 15) is 13.6 Å². The van der Waals surface area contributed by atoms with E-state index < -0.39 is 11.6 Å². The van der Waals surface area contributed by atoms with Crippen LogP contribution in [0.1, 0.15) is 48.7 Å². The lowest BCUT2D eigenvalue weighted by Gasteiger charge is -2.37. The zero-order chi connectivity index (χ0) is 20.7. The van der Waals surface area contributed by atoms with Crippen molar-refractivity contribution < 1.29 is 13.5 Å². The van der Waals surface area contributed by atoms with Crippen LogP contribution in [0, 0.1) is 11.6 Å². The zero-order valence-corrected chi connectivity index (χ0v) is 16.8. The van der Waals surface area contributed by atoms with Crippen LogP contribution < -0.4 is 10.3 Å². The quantitative estimate of drug-likeness (QED) is 0.681. The normalized spacial score (nSPS) is 17.4. The Hall–Kier alpha value is -2.73. The second-order valence-corrected chi connectivity index (χ2v) is 7.68. The van der Waals surface area contributed by atoms with Crippen LogP contribution in [-0.4, -0.2) is 24.0 Å². The molecular weight excluding hydrogens is 374 g/mol. The summed E-state index contributed by atoms with van der Waals surface area (Å²) >= 11 is 0. The van der Waals surface area contributed by atoms with Gasteiger partial charge in [0.15, 0.2) is 11.6 Å². The number of nitrogens with one attached hydrogen (secondary N) is 1. The van der Waals surface area contributed by atoms with E-state index in [0.29, 0.717) is 5.39 Å². The first-order valence-electron chi connectivity index (χ1n) is 9.80. The van der Waals surface area contributed by atoms with Gasteiger partial charge in [0, 0.05) is 17.8 Å². The van der Waals surface area contributed by atoms with Gasteiger partial charge in [-0.15, -0.1) is 0 Å². The minimum atomic E-state index is -1.00. The molecule has 152 valence electrons. The lowest BCUT2D eigenvalue weighted by Crippen LogP contribution is -2.32. The third-order valence-corrected chi connectivity index (χ3v) is 6.12. The molecule has 1 aromatic heterocycles. The van der Waals surface area contributed by atoms with Gasteiger partial charge in [-0.05, 0) is 74.0 Å². The lowest BCUT2D eigenvalue weighted by atomic mass is 9.86. The van der Waals surface area contributed by atoms with Gasteiger partial charge in [-0.25, -0.2) is 8.78 Å². The first-order chi connectivity index (χ1) is 13.9. The van der Waals surface area contributed by atoms with Crippen molar-refractivity contribution in [1.29, 1.82) is 0 Å². The highest BCUT2D eigenvalue weighted by molar-refractivity contribution is 5.86. The molecule has 0 amide bonds. The molecule has 1 N–H and O–H groups in total. The fourth-order valence-corrected chi connectivity index (χ4v) is 4.38. The third kappa shape index (κ3) is 3.42. The number of ether oxygens (including phenoxy) is 1. The molecule has 4 rings (SSSR count). The predicted molar refractivity (Wildman–Crippen MR) is 109 cm³/mol. The summed E-state index contributed by atoms with van der Waals surface area (Å²) in [7, 11) is 3.67. The maximum Gasteiger partial charge on any atom is 0.256 e. The molecule has 29 heavy (non-hydrogen) atoms. The van der Waals surface area contributed by atoms with Crippen molar-refractivity contribution in [2.24, 2.45) is 0 Å². The summed E-state index contributed by atoms with van der Waals surface area (Å²) in [5.41, 5.74) is 2.47. The number of aromatic nitrogens is 1. The molecule has 6 heteroatoms. The SMILES string of the molecule is COc1ccc([C@@H](C)N(C)[C@@H]2CCCc3[nH]c(=O)c4cc(F)c(F)cc4c32)cc1. The Morgan fingerprint density at radius 2 is 1.79 bits per heavy atom. The number of rotatable bonds is 4. The van der Waals surface area contributed by atoms with Crippen LogP contribution in [0.15, 0.2) is 41.2 Å². The summed E-state index contributed by atoms with van der Waals surface area (Å²) in [6.45, 7) is 2.12. The molecular formula is C23H24F2N2O2. The Morgan fingerprint density at radius 3 is 2.45 bits per heavy atom. The number of benzene rings is 2. The first-order valence-corrected chi connectivity index (χ1v) is 9.80. The van der Waals surface area contributed by atoms with Crippen LogP contribution in [0.2, 0.25) is 0 Å². The van der Waals surface area contributed by atoms with Crippen LogP contribution >= 0.6 is 0 Å². The third-order valence-electron chi connectivity index (χ3n) is 6.12. The van der Waals surface area contributed by atoms with E-state index in [-0.39, 0.29) is 23.0 Å². The summed E-state index contributed by atoms with van der Waals surface area (Å²) < 4.78 is 33.1. The number of fused-ring (bicyclic) bond motifs is 3. The van der Waals surface area contributed by atoms with E-state index in [2.05, 4.69) is 16.8 Å². The van der Waals surface area contributed by atoms with E-state index >= 15 is 0 Å². The molecule has 2 atom stereocenters. The average Bonchev–Trinajstić information content (AvgIpc) is 2.73. The van der Waals surface area contributed by atoms with Crippen molar-refractivity contribution in [3.63, 3.8) is 0 Å². The Kier molecular flexibility index (Phi) is 5.13. The predicted octanol–water partition coefficient (Wildman–Crippen LogP) is 4.89. The Morgan fingerprint density at radius 1 is 1.14 bits per heavy atom. The standard InChI is InChI=1S/C23H24F2N2O2/c1-13(14-7-9-15(29-3)10-8-14)27(2)21-6-4-5-20-22(21)16-11-18(24)19(25)12-17(16)23(28)26-20/h7-13,21H,4-6H2,1-3H3,(H,26,28)/t13-,21-/m1/s1. The molecule has 1 aliphatic rings. The van der Waals surface area contributed by atoms with Crippen LogP contribution in [0.25, 0.3) is 10.8 Å². The van der Waals surface area contributed by atoms with Gasteiger partial charge in [0.1, 0.15) is 5.75 Å². The molecule has 0 aliphatic heterocycles. The Bertz CT molecular complexity index is 1110. The number of aryl methyl sites for hydroxylation is 1. The first kappa shape index (κ1) is 19.6. The second-order valence-electron chi connectivity index (χ2n) is 7.68. The maximum absolute atomic E-state index is 14.1. The van der Waals surface area contributed by atoms with Crippen LogP contribution in [0.4, 0.5) is 8.78 Å². The number of hydrogen-bond acceptors (Lipinski definition) is 3. The van der Waals surface area contributed by atoms with Gasteiger partial charge in [-0.1, -0.05) is 12.1 Å². The molecule has 0 radical (unpaired) electrons. The smallest absolute Gasteiger partial charge is 0.256 e. The molecule has 0 saturated carbocycles. The summed E-state index contributed by atoms with van der Waals surface area (Å²) in [4.78, 5) is 17.6. The van der Waals surface area contributed by atoms with Gasteiger partial charge in [0.2, 0.25) is 0 Å². The van der Waals surface area contributed by atoms with Crippen LogP contribution in [-0.2, 0) is 6.42 Å². The van der Waals surface area contributed by atoms with E-state index in [1.807, 2.05) is 31.3 Å².